The summed E-state index contributed by atoms with van der Waals surface area (Å²) in [6, 6.07) is 0.520. The molecule has 0 spiro atoms. The summed E-state index contributed by atoms with van der Waals surface area (Å²) >= 11 is 0. The fraction of sp³-hybridized carbons (Fsp3) is 0.846. The lowest BCUT2D eigenvalue weighted by molar-refractivity contribution is 0.446. The van der Waals surface area contributed by atoms with Gasteiger partial charge in [0, 0.05) is 12.6 Å². The van der Waals surface area contributed by atoms with Gasteiger partial charge in [-0.15, -0.1) is 6.42 Å². The van der Waals surface area contributed by atoms with Crippen molar-refractivity contribution >= 4 is 0 Å². The van der Waals surface area contributed by atoms with Crippen LogP contribution < -0.4 is 11.1 Å². The number of nitrogens with one attached hydrogen (secondary N) is 1. The predicted molar refractivity (Wildman–Crippen MR) is 67.6 cm³/mol. The monoisotopic (exact) mass is 210 g/mol. The smallest absolute Gasteiger partial charge is 0.0660 e. The maximum Gasteiger partial charge on any atom is 0.0660 e. The molecule has 2 unspecified atom stereocenters. The van der Waals surface area contributed by atoms with Crippen LogP contribution in [0.15, 0.2) is 0 Å². The first-order chi connectivity index (χ1) is 7.24. The lowest BCUT2D eigenvalue weighted by atomic mass is 10.1. The molecule has 0 aliphatic heterocycles. The Bertz CT molecular complexity index is 172. The largest absolute Gasteiger partial charge is 0.329 e. The van der Waals surface area contributed by atoms with Crippen LogP contribution in [0, 0.1) is 12.3 Å². The Balaban J connectivity index is 3.49. The molecule has 0 saturated carbocycles. The van der Waals surface area contributed by atoms with Gasteiger partial charge in [0.2, 0.25) is 0 Å². The summed E-state index contributed by atoms with van der Waals surface area (Å²) in [7, 11) is 0. The van der Waals surface area contributed by atoms with E-state index in [1.165, 1.54) is 32.1 Å². The number of nitrogens with two attached hydrogens (primary N) is 1. The molecule has 0 rings (SSSR count). The normalized spacial score (nSPS) is 14.5. The second kappa shape index (κ2) is 10.0. The summed E-state index contributed by atoms with van der Waals surface area (Å²) in [5.74, 6) is 2.67. The van der Waals surface area contributed by atoms with Crippen molar-refractivity contribution in [3.63, 3.8) is 0 Å². The molecule has 2 atom stereocenters. The molecule has 0 fully saturated rings. The Kier molecular flexibility index (Phi) is 9.67. The standard InChI is InChI=1S/C13H26N2/c1-4-6-7-8-9-10-13(11-14)15-12(3)5-2/h2,12-13,15H,4,6-11,14H2,1,3H3. The van der Waals surface area contributed by atoms with Gasteiger partial charge in [0.15, 0.2) is 0 Å². The molecule has 0 aromatic rings. The zero-order chi connectivity index (χ0) is 11.5. The average molecular weight is 210 g/mol. The van der Waals surface area contributed by atoms with Crippen LogP contribution in [0.2, 0.25) is 0 Å². The second-order valence-corrected chi connectivity index (χ2v) is 4.19. The maximum absolute atomic E-state index is 5.69. The van der Waals surface area contributed by atoms with Gasteiger partial charge >= 0.3 is 0 Å². The summed E-state index contributed by atoms with van der Waals surface area (Å²) < 4.78 is 0. The fourth-order valence-corrected chi connectivity index (χ4v) is 1.67. The zero-order valence-electron chi connectivity index (χ0n) is 10.3. The van der Waals surface area contributed by atoms with Gasteiger partial charge in [0.1, 0.15) is 0 Å². The molecule has 0 bridgehead atoms. The Hall–Kier alpha value is -0.520. The van der Waals surface area contributed by atoms with Crippen LogP contribution in [0.25, 0.3) is 0 Å². The molecule has 0 radical (unpaired) electrons. The summed E-state index contributed by atoms with van der Waals surface area (Å²) in [6.07, 6.45) is 13.0. The summed E-state index contributed by atoms with van der Waals surface area (Å²) in [5, 5.41) is 3.35. The molecule has 0 amide bonds. The van der Waals surface area contributed by atoms with Gasteiger partial charge in [-0.3, -0.25) is 5.32 Å². The van der Waals surface area contributed by atoms with E-state index >= 15 is 0 Å². The van der Waals surface area contributed by atoms with Gasteiger partial charge < -0.3 is 5.73 Å². The minimum Gasteiger partial charge on any atom is -0.329 e. The Morgan fingerprint density at radius 1 is 1.27 bits per heavy atom. The number of hydrogen-bond donors (Lipinski definition) is 2. The maximum atomic E-state index is 5.69. The highest BCUT2D eigenvalue weighted by Gasteiger charge is 2.07. The summed E-state index contributed by atoms with van der Waals surface area (Å²) in [5.41, 5.74) is 5.69. The number of unbranched alkanes of at least 4 members (excludes halogenated alkanes) is 4. The molecule has 88 valence electrons. The highest BCUT2D eigenvalue weighted by Crippen LogP contribution is 2.07. The van der Waals surface area contributed by atoms with E-state index in [2.05, 4.69) is 18.2 Å². The first kappa shape index (κ1) is 14.5. The lowest BCUT2D eigenvalue weighted by Crippen LogP contribution is -2.40. The second-order valence-electron chi connectivity index (χ2n) is 4.19. The molecule has 0 aromatic carbocycles. The van der Waals surface area contributed by atoms with E-state index in [1.54, 1.807) is 0 Å². The first-order valence-corrected chi connectivity index (χ1v) is 6.16. The highest BCUT2D eigenvalue weighted by atomic mass is 15.0. The van der Waals surface area contributed by atoms with Crippen molar-refractivity contribution in [1.82, 2.24) is 5.32 Å². The van der Waals surface area contributed by atoms with E-state index in [4.69, 9.17) is 12.2 Å². The molecule has 0 aromatic heterocycles. The molecular formula is C13H26N2. The Morgan fingerprint density at radius 3 is 2.47 bits per heavy atom. The molecular weight excluding hydrogens is 184 g/mol. The van der Waals surface area contributed by atoms with E-state index in [0.717, 1.165) is 6.42 Å². The summed E-state index contributed by atoms with van der Waals surface area (Å²) in [4.78, 5) is 0. The molecule has 2 heteroatoms. The lowest BCUT2D eigenvalue weighted by Gasteiger charge is -2.18. The van der Waals surface area contributed by atoms with Crippen molar-refractivity contribution in [2.45, 2.75) is 64.5 Å². The van der Waals surface area contributed by atoms with Gasteiger partial charge in [-0.1, -0.05) is 44.9 Å². The van der Waals surface area contributed by atoms with Crippen LogP contribution in [-0.4, -0.2) is 18.6 Å². The molecule has 2 nitrogen and oxygen atoms in total. The minimum absolute atomic E-state index is 0.134. The minimum atomic E-state index is 0.134. The van der Waals surface area contributed by atoms with E-state index in [1.807, 2.05) is 6.92 Å². The zero-order valence-corrected chi connectivity index (χ0v) is 10.3. The van der Waals surface area contributed by atoms with Crippen LogP contribution in [-0.2, 0) is 0 Å². The Labute approximate surface area is 95.0 Å². The topological polar surface area (TPSA) is 38.0 Å². The van der Waals surface area contributed by atoms with Gasteiger partial charge in [0.05, 0.1) is 6.04 Å². The van der Waals surface area contributed by atoms with E-state index in [-0.39, 0.29) is 6.04 Å². The third kappa shape index (κ3) is 8.47. The SMILES string of the molecule is C#CC(C)NC(CN)CCCCCCC. The van der Waals surface area contributed by atoms with E-state index < -0.39 is 0 Å². The van der Waals surface area contributed by atoms with Crippen molar-refractivity contribution in [3.8, 4) is 12.3 Å². The number of terminal acetylenes is 1. The van der Waals surface area contributed by atoms with Gasteiger partial charge in [0.25, 0.3) is 0 Å². The molecule has 0 aliphatic rings. The Morgan fingerprint density at radius 2 is 1.93 bits per heavy atom. The van der Waals surface area contributed by atoms with Crippen molar-refractivity contribution in [2.75, 3.05) is 6.54 Å². The van der Waals surface area contributed by atoms with Crippen molar-refractivity contribution in [2.24, 2.45) is 5.73 Å². The van der Waals surface area contributed by atoms with Crippen LogP contribution >= 0.6 is 0 Å². The fourth-order valence-electron chi connectivity index (χ4n) is 1.67. The van der Waals surface area contributed by atoms with Crippen molar-refractivity contribution in [1.29, 1.82) is 0 Å². The molecule has 0 saturated heterocycles. The number of rotatable bonds is 9. The first-order valence-electron chi connectivity index (χ1n) is 6.16. The van der Waals surface area contributed by atoms with Crippen LogP contribution in [0.3, 0.4) is 0 Å². The summed E-state index contributed by atoms with van der Waals surface area (Å²) in [6.45, 7) is 4.92. The number of hydrogen-bond acceptors (Lipinski definition) is 2. The van der Waals surface area contributed by atoms with E-state index in [9.17, 15) is 0 Å². The highest BCUT2D eigenvalue weighted by molar-refractivity contribution is 4.97. The van der Waals surface area contributed by atoms with E-state index in [0.29, 0.717) is 12.6 Å². The third-order valence-corrected chi connectivity index (χ3v) is 2.68. The third-order valence-electron chi connectivity index (χ3n) is 2.68. The van der Waals surface area contributed by atoms with Crippen LogP contribution in [0.1, 0.15) is 52.4 Å². The molecule has 0 heterocycles. The quantitative estimate of drug-likeness (QED) is 0.452. The van der Waals surface area contributed by atoms with Gasteiger partial charge in [-0.2, -0.15) is 0 Å². The molecule has 0 aliphatic carbocycles. The predicted octanol–water partition coefficient (Wildman–Crippen LogP) is 2.29. The van der Waals surface area contributed by atoms with Crippen LogP contribution in [0.4, 0.5) is 0 Å². The van der Waals surface area contributed by atoms with Crippen molar-refractivity contribution in [3.05, 3.63) is 0 Å². The van der Waals surface area contributed by atoms with Crippen LogP contribution in [0.5, 0.6) is 0 Å². The molecule has 3 N–H and O–H groups in total. The van der Waals surface area contributed by atoms with Gasteiger partial charge in [-0.05, 0) is 13.3 Å². The molecule has 15 heavy (non-hydrogen) atoms. The van der Waals surface area contributed by atoms with Crippen molar-refractivity contribution < 1.29 is 0 Å². The average Bonchev–Trinajstić information content (AvgIpc) is 2.26. The van der Waals surface area contributed by atoms with Gasteiger partial charge in [-0.25, -0.2) is 0 Å².